The fourth-order valence-corrected chi connectivity index (χ4v) is 2.63. The first-order valence-electron chi connectivity index (χ1n) is 9.17. The summed E-state index contributed by atoms with van der Waals surface area (Å²) in [5.41, 5.74) is 2.65. The second-order valence-corrected chi connectivity index (χ2v) is 6.73. The second-order valence-electron chi connectivity index (χ2n) is 6.73. The molecule has 0 saturated heterocycles. The van der Waals surface area contributed by atoms with Gasteiger partial charge in [0.2, 0.25) is 0 Å². The zero-order valence-corrected chi connectivity index (χ0v) is 16.1. The summed E-state index contributed by atoms with van der Waals surface area (Å²) < 4.78 is 10.8. The number of aryl methyl sites for hydroxylation is 1. The first-order valence-corrected chi connectivity index (χ1v) is 9.17. The third-order valence-electron chi connectivity index (χ3n) is 4.33. The van der Waals surface area contributed by atoms with Gasteiger partial charge >= 0.3 is 0 Å². The lowest BCUT2D eigenvalue weighted by molar-refractivity contribution is -0.127. The van der Waals surface area contributed by atoms with Gasteiger partial charge < -0.3 is 14.8 Å². The van der Waals surface area contributed by atoms with E-state index >= 15 is 0 Å². The average molecular weight is 355 g/mol. The minimum Gasteiger partial charge on any atom is -0.497 e. The zero-order valence-electron chi connectivity index (χ0n) is 16.1. The Morgan fingerprint density at radius 1 is 0.962 bits per heavy atom. The van der Waals surface area contributed by atoms with Crippen LogP contribution in [0.2, 0.25) is 0 Å². The van der Waals surface area contributed by atoms with Gasteiger partial charge in [-0.05, 0) is 61.1 Å². The summed E-state index contributed by atoms with van der Waals surface area (Å²) in [6.07, 6.45) is 1.32. The molecule has 0 radical (unpaired) electrons. The van der Waals surface area contributed by atoms with E-state index in [1.54, 1.807) is 26.2 Å². The summed E-state index contributed by atoms with van der Waals surface area (Å²) in [5, 5.41) is 2.94. The van der Waals surface area contributed by atoms with Gasteiger partial charge in [-0.2, -0.15) is 0 Å². The highest BCUT2D eigenvalue weighted by Gasteiger charge is 2.14. The molecule has 0 aromatic heterocycles. The highest BCUT2D eigenvalue weighted by atomic mass is 16.5. The molecule has 0 saturated carbocycles. The van der Waals surface area contributed by atoms with Crippen LogP contribution in [-0.4, -0.2) is 25.7 Å². The van der Waals surface area contributed by atoms with Crippen molar-refractivity contribution in [3.8, 4) is 11.5 Å². The van der Waals surface area contributed by atoms with E-state index in [4.69, 9.17) is 9.47 Å². The van der Waals surface area contributed by atoms with Crippen molar-refractivity contribution in [2.24, 2.45) is 0 Å². The van der Waals surface area contributed by atoms with Crippen LogP contribution < -0.4 is 14.8 Å². The topological polar surface area (TPSA) is 47.6 Å². The van der Waals surface area contributed by atoms with E-state index in [-0.39, 0.29) is 5.91 Å². The van der Waals surface area contributed by atoms with Crippen molar-refractivity contribution in [3.63, 3.8) is 0 Å². The molecule has 0 unspecified atom stereocenters. The molecule has 0 spiro atoms. The van der Waals surface area contributed by atoms with Gasteiger partial charge in [0.25, 0.3) is 5.91 Å². The second kappa shape index (κ2) is 9.85. The highest BCUT2D eigenvalue weighted by molar-refractivity contribution is 5.80. The molecule has 0 aliphatic carbocycles. The van der Waals surface area contributed by atoms with E-state index in [0.29, 0.717) is 18.2 Å². The lowest BCUT2D eigenvalue weighted by atomic mass is 10.0. The van der Waals surface area contributed by atoms with Crippen LogP contribution in [0.4, 0.5) is 0 Å². The number of methoxy groups -OCH3 is 1. The Kier molecular flexibility index (Phi) is 7.52. The van der Waals surface area contributed by atoms with Crippen molar-refractivity contribution in [1.82, 2.24) is 5.32 Å². The molecule has 4 nitrogen and oxygen atoms in total. The summed E-state index contributed by atoms with van der Waals surface area (Å²) in [7, 11) is 1.62. The van der Waals surface area contributed by atoms with Gasteiger partial charge in [0.05, 0.1) is 7.11 Å². The quantitative estimate of drug-likeness (QED) is 0.681. The first kappa shape index (κ1) is 19.8. The number of amides is 1. The largest absolute Gasteiger partial charge is 0.497 e. The molecule has 0 bridgehead atoms. The van der Waals surface area contributed by atoms with Crippen LogP contribution in [0.3, 0.4) is 0 Å². The predicted octanol–water partition coefficient (Wildman–Crippen LogP) is 4.33. The van der Waals surface area contributed by atoms with Crippen molar-refractivity contribution in [1.29, 1.82) is 0 Å². The molecule has 2 rings (SSSR count). The number of carbonyl (C=O) groups excluding carboxylic acids is 1. The lowest BCUT2D eigenvalue weighted by Crippen LogP contribution is -2.36. The highest BCUT2D eigenvalue weighted by Crippen LogP contribution is 2.18. The number of hydrogen-bond donors (Lipinski definition) is 1. The Balaban J connectivity index is 1.70. The fourth-order valence-electron chi connectivity index (χ4n) is 2.63. The Morgan fingerprint density at radius 3 is 2.15 bits per heavy atom. The molecule has 0 aliphatic rings. The van der Waals surface area contributed by atoms with Crippen LogP contribution in [0.25, 0.3) is 0 Å². The average Bonchev–Trinajstić information content (AvgIpc) is 2.66. The number of nitrogens with one attached hydrogen (secondary N) is 1. The summed E-state index contributed by atoms with van der Waals surface area (Å²) >= 11 is 0. The van der Waals surface area contributed by atoms with Crippen LogP contribution in [0, 0.1) is 0 Å². The summed E-state index contributed by atoms with van der Waals surface area (Å²) in [6, 6.07) is 15.9. The number of carbonyl (C=O) groups is 1. The maximum atomic E-state index is 12.1. The van der Waals surface area contributed by atoms with Crippen LogP contribution in [-0.2, 0) is 11.2 Å². The van der Waals surface area contributed by atoms with Crippen molar-refractivity contribution >= 4 is 5.91 Å². The Labute approximate surface area is 156 Å². The standard InChI is InChI=1S/C22H29NO3/c1-16(2)19-9-7-18(8-10-19)6-5-15-23-22(24)17(3)26-21-13-11-20(25-4)12-14-21/h7-14,16-17H,5-6,15H2,1-4H3,(H,23,24)/t17-/m1/s1. The molecular formula is C22H29NO3. The lowest BCUT2D eigenvalue weighted by Gasteiger charge is -2.15. The molecule has 4 heteroatoms. The van der Waals surface area contributed by atoms with Gasteiger partial charge in [-0.1, -0.05) is 38.1 Å². The first-order chi connectivity index (χ1) is 12.5. The number of ether oxygens (including phenoxy) is 2. The van der Waals surface area contributed by atoms with Crippen LogP contribution in [0.1, 0.15) is 44.2 Å². The van der Waals surface area contributed by atoms with Crippen molar-refractivity contribution in [2.45, 2.75) is 45.6 Å². The molecule has 2 aromatic rings. The van der Waals surface area contributed by atoms with Crippen molar-refractivity contribution in [3.05, 3.63) is 59.7 Å². The van der Waals surface area contributed by atoms with Crippen LogP contribution in [0.15, 0.2) is 48.5 Å². The molecule has 0 aliphatic heterocycles. The molecule has 0 fully saturated rings. The van der Waals surface area contributed by atoms with E-state index in [1.165, 1.54) is 11.1 Å². The minimum absolute atomic E-state index is 0.101. The third kappa shape index (κ3) is 6.10. The number of rotatable bonds is 9. The van der Waals surface area contributed by atoms with Crippen LogP contribution >= 0.6 is 0 Å². The molecular weight excluding hydrogens is 326 g/mol. The summed E-state index contributed by atoms with van der Waals surface area (Å²) in [6.45, 7) is 6.78. The van der Waals surface area contributed by atoms with Gasteiger partial charge in [-0.25, -0.2) is 0 Å². The normalized spacial score (nSPS) is 11.9. The SMILES string of the molecule is COc1ccc(O[C@H](C)C(=O)NCCCc2ccc(C(C)C)cc2)cc1. The minimum atomic E-state index is -0.534. The van der Waals surface area contributed by atoms with Crippen molar-refractivity contribution in [2.75, 3.05) is 13.7 Å². The van der Waals surface area contributed by atoms with E-state index in [1.807, 2.05) is 12.1 Å². The maximum Gasteiger partial charge on any atom is 0.260 e. The van der Waals surface area contributed by atoms with E-state index in [9.17, 15) is 4.79 Å². The van der Waals surface area contributed by atoms with Gasteiger partial charge in [-0.3, -0.25) is 4.79 Å². The zero-order chi connectivity index (χ0) is 18.9. The molecule has 2 aromatic carbocycles. The van der Waals surface area contributed by atoms with E-state index < -0.39 is 6.10 Å². The monoisotopic (exact) mass is 355 g/mol. The van der Waals surface area contributed by atoms with Gasteiger partial charge in [0, 0.05) is 6.54 Å². The Bertz CT molecular complexity index is 678. The Morgan fingerprint density at radius 2 is 1.58 bits per heavy atom. The van der Waals surface area contributed by atoms with E-state index in [0.717, 1.165) is 18.6 Å². The number of benzene rings is 2. The third-order valence-corrected chi connectivity index (χ3v) is 4.33. The van der Waals surface area contributed by atoms with Crippen LogP contribution in [0.5, 0.6) is 11.5 Å². The fraction of sp³-hybridized carbons (Fsp3) is 0.409. The number of hydrogen-bond acceptors (Lipinski definition) is 3. The van der Waals surface area contributed by atoms with Gasteiger partial charge in [0.1, 0.15) is 11.5 Å². The van der Waals surface area contributed by atoms with Gasteiger partial charge in [0.15, 0.2) is 6.10 Å². The molecule has 0 heterocycles. The summed E-state index contributed by atoms with van der Waals surface area (Å²) in [5.74, 6) is 1.86. The smallest absolute Gasteiger partial charge is 0.260 e. The van der Waals surface area contributed by atoms with Gasteiger partial charge in [-0.15, -0.1) is 0 Å². The summed E-state index contributed by atoms with van der Waals surface area (Å²) in [4.78, 5) is 12.1. The predicted molar refractivity (Wildman–Crippen MR) is 105 cm³/mol. The Hall–Kier alpha value is -2.49. The molecule has 140 valence electrons. The molecule has 1 N–H and O–H groups in total. The van der Waals surface area contributed by atoms with Crippen molar-refractivity contribution < 1.29 is 14.3 Å². The maximum absolute atomic E-state index is 12.1. The van der Waals surface area contributed by atoms with E-state index in [2.05, 4.69) is 43.4 Å². The molecule has 1 amide bonds. The molecule has 26 heavy (non-hydrogen) atoms. The molecule has 1 atom stereocenters.